The van der Waals surface area contributed by atoms with E-state index in [4.69, 9.17) is 21.1 Å². The quantitative estimate of drug-likeness (QED) is 0.537. The van der Waals surface area contributed by atoms with Gasteiger partial charge in [-0.25, -0.2) is 4.79 Å². The number of carbonyl (C=O) groups is 1. The molecule has 1 amide bonds. The fourth-order valence-corrected chi connectivity index (χ4v) is 3.35. The second-order valence-corrected chi connectivity index (χ2v) is 8.90. The predicted molar refractivity (Wildman–Crippen MR) is 116 cm³/mol. The minimum atomic E-state index is -5.04. The van der Waals surface area contributed by atoms with Gasteiger partial charge in [-0.3, -0.25) is 9.97 Å². The fraction of sp³-hybridized carbons (Fsp3) is 0.500. The Morgan fingerprint density at radius 1 is 1.21 bits per heavy atom. The van der Waals surface area contributed by atoms with Gasteiger partial charge in [-0.05, 0) is 45.4 Å². The molecular formula is C22H27ClF3N3O4. The van der Waals surface area contributed by atoms with Gasteiger partial charge in [0.05, 0.1) is 18.4 Å². The third-order valence-corrected chi connectivity index (χ3v) is 5.04. The number of alkyl carbamates (subject to hydrolysis) is 1. The van der Waals surface area contributed by atoms with E-state index in [1.807, 2.05) is 0 Å². The summed E-state index contributed by atoms with van der Waals surface area (Å²) in [4.78, 5) is 19.2. The zero-order chi connectivity index (χ0) is 25.0. The Balaban J connectivity index is 2.14. The van der Waals surface area contributed by atoms with Crippen LogP contribution >= 0.6 is 11.6 Å². The first kappa shape index (κ1) is 26.7. The van der Waals surface area contributed by atoms with Crippen LogP contribution < -0.4 is 10.1 Å². The maximum absolute atomic E-state index is 14.0. The number of nitrogens with zero attached hydrogens (tertiary/aromatic N) is 2. The number of carbonyl (C=O) groups excluding carboxylic acids is 1. The van der Waals surface area contributed by atoms with E-state index < -0.39 is 35.1 Å². The zero-order valence-electron chi connectivity index (χ0n) is 19.0. The smallest absolute Gasteiger partial charge is 0.423 e. The lowest BCUT2D eigenvalue weighted by Gasteiger charge is -2.35. The van der Waals surface area contributed by atoms with Crippen molar-refractivity contribution >= 4 is 17.7 Å². The van der Waals surface area contributed by atoms with Crippen LogP contribution in [-0.2, 0) is 10.3 Å². The summed E-state index contributed by atoms with van der Waals surface area (Å²) in [5.41, 5.74) is -4.10. The van der Waals surface area contributed by atoms with Gasteiger partial charge >= 0.3 is 12.3 Å². The highest BCUT2D eigenvalue weighted by Crippen LogP contribution is 2.49. The zero-order valence-corrected chi connectivity index (χ0v) is 19.7. The van der Waals surface area contributed by atoms with E-state index >= 15 is 0 Å². The number of halogens is 4. The summed E-state index contributed by atoms with van der Waals surface area (Å²) >= 11 is 6.24. The largest absolute Gasteiger partial charge is 0.492 e. The first-order valence-corrected chi connectivity index (χ1v) is 10.5. The van der Waals surface area contributed by atoms with Gasteiger partial charge < -0.3 is 19.9 Å². The number of hydrogen-bond acceptors (Lipinski definition) is 6. The molecule has 2 rings (SSSR count). The molecule has 2 atom stereocenters. The molecule has 1 heterocycles. The van der Waals surface area contributed by atoms with Crippen molar-refractivity contribution in [2.24, 2.45) is 0 Å². The van der Waals surface area contributed by atoms with Crippen LogP contribution in [0.15, 0.2) is 30.6 Å². The van der Waals surface area contributed by atoms with Crippen LogP contribution in [0.1, 0.15) is 50.6 Å². The molecule has 0 aliphatic carbocycles. The van der Waals surface area contributed by atoms with E-state index in [2.05, 4.69) is 15.3 Å². The molecule has 0 aliphatic heterocycles. The number of hydrogen-bond donors (Lipinski definition) is 2. The van der Waals surface area contributed by atoms with E-state index in [9.17, 15) is 23.1 Å². The molecule has 0 aliphatic rings. The second-order valence-electron chi connectivity index (χ2n) is 8.49. The van der Waals surface area contributed by atoms with Gasteiger partial charge in [0, 0.05) is 17.1 Å². The van der Waals surface area contributed by atoms with Crippen molar-refractivity contribution in [1.29, 1.82) is 0 Å². The van der Waals surface area contributed by atoms with Crippen molar-refractivity contribution in [1.82, 2.24) is 15.3 Å². The second kappa shape index (κ2) is 10.1. The highest BCUT2D eigenvalue weighted by Gasteiger charge is 2.60. The van der Waals surface area contributed by atoms with E-state index in [-0.39, 0.29) is 29.5 Å². The molecule has 11 heteroatoms. The lowest BCUT2D eigenvalue weighted by Crippen LogP contribution is -2.47. The molecule has 2 aromatic rings. The highest BCUT2D eigenvalue weighted by atomic mass is 35.5. The molecule has 182 valence electrons. The van der Waals surface area contributed by atoms with Crippen molar-refractivity contribution in [3.05, 3.63) is 52.6 Å². The number of rotatable bonds is 7. The van der Waals surface area contributed by atoms with Crippen molar-refractivity contribution in [3.63, 3.8) is 0 Å². The van der Waals surface area contributed by atoms with Gasteiger partial charge in [0.25, 0.3) is 0 Å². The first-order chi connectivity index (χ1) is 15.1. The number of aryl methyl sites for hydroxylation is 1. The number of benzene rings is 1. The number of aliphatic hydroxyl groups is 1. The van der Waals surface area contributed by atoms with Gasteiger partial charge in [0.1, 0.15) is 23.7 Å². The normalized spacial score (nSPS) is 14.8. The van der Waals surface area contributed by atoms with Crippen LogP contribution in [0.25, 0.3) is 0 Å². The van der Waals surface area contributed by atoms with Crippen molar-refractivity contribution in [3.8, 4) is 5.75 Å². The molecule has 0 radical (unpaired) electrons. The fourth-order valence-electron chi connectivity index (χ4n) is 3.01. The lowest BCUT2D eigenvalue weighted by molar-refractivity contribution is -0.276. The molecular weight excluding hydrogens is 463 g/mol. The maximum Gasteiger partial charge on any atom is 0.423 e. The van der Waals surface area contributed by atoms with Crippen molar-refractivity contribution in [2.45, 2.75) is 57.9 Å². The summed E-state index contributed by atoms with van der Waals surface area (Å²) in [5, 5.41) is 13.3. The molecule has 2 N–H and O–H groups in total. The summed E-state index contributed by atoms with van der Waals surface area (Å²) < 4.78 is 52.5. The molecule has 1 aromatic heterocycles. The predicted octanol–water partition coefficient (Wildman–Crippen LogP) is 4.90. The Kier molecular flexibility index (Phi) is 8.18. The van der Waals surface area contributed by atoms with Gasteiger partial charge in [-0.2, -0.15) is 13.2 Å². The summed E-state index contributed by atoms with van der Waals surface area (Å²) in [6.45, 7) is 8.21. The number of aromatic nitrogens is 2. The number of amides is 1. The van der Waals surface area contributed by atoms with E-state index in [0.717, 1.165) is 12.4 Å². The van der Waals surface area contributed by atoms with Gasteiger partial charge in [-0.1, -0.05) is 24.6 Å². The Labute approximate surface area is 195 Å². The Morgan fingerprint density at radius 2 is 1.88 bits per heavy atom. The standard InChI is InChI=1S/C22H27ClF3N3O4/c1-13-11-29-18(12-28-13)21(31,22(24,25)26)14(2)16-7-6-15(10-17(16)23)32-9-8-27-19(30)33-20(3,4)5/h6-7,10-12,14,31H,8-9H2,1-5H3,(H,27,30). The van der Waals surface area contributed by atoms with E-state index in [1.165, 1.54) is 25.1 Å². The average Bonchev–Trinajstić information content (AvgIpc) is 2.68. The average molecular weight is 490 g/mol. The number of ether oxygens (including phenoxy) is 2. The molecule has 2 unspecified atom stereocenters. The molecule has 0 saturated carbocycles. The molecule has 0 fully saturated rings. The van der Waals surface area contributed by atoms with Gasteiger partial charge in [-0.15, -0.1) is 0 Å². The van der Waals surface area contributed by atoms with Crippen LogP contribution in [0.3, 0.4) is 0 Å². The van der Waals surface area contributed by atoms with Crippen LogP contribution in [0.5, 0.6) is 5.75 Å². The maximum atomic E-state index is 14.0. The minimum absolute atomic E-state index is 0.0251. The van der Waals surface area contributed by atoms with Gasteiger partial charge in [0.15, 0.2) is 0 Å². The van der Waals surface area contributed by atoms with Crippen molar-refractivity contribution in [2.75, 3.05) is 13.2 Å². The van der Waals surface area contributed by atoms with Crippen LogP contribution in [0, 0.1) is 6.92 Å². The molecule has 7 nitrogen and oxygen atoms in total. The molecule has 33 heavy (non-hydrogen) atoms. The third-order valence-electron chi connectivity index (χ3n) is 4.71. The Hall–Kier alpha value is -2.59. The Morgan fingerprint density at radius 3 is 2.39 bits per heavy atom. The third kappa shape index (κ3) is 6.70. The molecule has 0 saturated heterocycles. The van der Waals surface area contributed by atoms with Crippen LogP contribution in [0.2, 0.25) is 5.02 Å². The minimum Gasteiger partial charge on any atom is -0.492 e. The Bertz CT molecular complexity index is 965. The number of nitrogens with one attached hydrogen (secondary N) is 1. The summed E-state index contributed by atoms with van der Waals surface area (Å²) in [6.07, 6.45) is -3.58. The monoisotopic (exact) mass is 489 g/mol. The van der Waals surface area contributed by atoms with Crippen LogP contribution in [0.4, 0.5) is 18.0 Å². The summed E-state index contributed by atoms with van der Waals surface area (Å²) in [6, 6.07) is 4.13. The molecule has 1 aromatic carbocycles. The first-order valence-electron chi connectivity index (χ1n) is 10.1. The van der Waals surface area contributed by atoms with E-state index in [1.54, 1.807) is 27.7 Å². The van der Waals surface area contributed by atoms with E-state index in [0.29, 0.717) is 5.69 Å². The lowest BCUT2D eigenvalue weighted by atomic mass is 9.80. The summed E-state index contributed by atoms with van der Waals surface area (Å²) in [7, 11) is 0. The SMILES string of the molecule is Cc1cnc(C(O)(C(C)c2ccc(OCCNC(=O)OC(C)(C)C)cc2Cl)C(F)(F)F)cn1. The summed E-state index contributed by atoms with van der Waals surface area (Å²) in [5.74, 6) is -1.21. The van der Waals surface area contributed by atoms with Crippen LogP contribution in [-0.4, -0.2) is 46.1 Å². The van der Waals surface area contributed by atoms with Crippen molar-refractivity contribution < 1.29 is 32.5 Å². The van der Waals surface area contributed by atoms with Gasteiger partial charge in [0.2, 0.25) is 5.60 Å². The topological polar surface area (TPSA) is 93.6 Å². The molecule has 0 bridgehead atoms. The number of alkyl halides is 3. The molecule has 0 spiro atoms. The highest BCUT2D eigenvalue weighted by molar-refractivity contribution is 6.31.